The number of carbonyl (C=O) groups excluding carboxylic acids is 3. The van der Waals surface area contributed by atoms with Gasteiger partial charge >= 0.3 is 11.9 Å². The number of benzene rings is 1. The number of carboxylic acid groups (broad SMARTS) is 2. The molecule has 0 aromatic heterocycles. The molecule has 12 nitrogen and oxygen atoms in total. The molecule has 1 rings (SSSR count). The van der Waals surface area contributed by atoms with Crippen molar-refractivity contribution in [1.82, 2.24) is 16.0 Å². The first-order valence-corrected chi connectivity index (χ1v) is 12.1. The van der Waals surface area contributed by atoms with Crippen molar-refractivity contribution >= 4 is 29.7 Å². The molecule has 1 aromatic rings. The number of rotatable bonds is 15. The van der Waals surface area contributed by atoms with Crippen molar-refractivity contribution in [2.24, 2.45) is 17.6 Å². The van der Waals surface area contributed by atoms with Crippen molar-refractivity contribution in [3.8, 4) is 5.75 Å². The normalized spacial score (nSPS) is 15.1. The molecule has 0 spiro atoms. The van der Waals surface area contributed by atoms with Crippen LogP contribution in [0.3, 0.4) is 0 Å². The fraction of sp³-hybridized carbons (Fsp3) is 0.560. The Morgan fingerprint density at radius 3 is 1.92 bits per heavy atom. The summed E-state index contributed by atoms with van der Waals surface area (Å²) in [5.74, 6) is -5.16. The summed E-state index contributed by atoms with van der Waals surface area (Å²) >= 11 is 0. The number of amides is 3. The second-order valence-electron chi connectivity index (χ2n) is 9.54. The first-order valence-electron chi connectivity index (χ1n) is 12.1. The van der Waals surface area contributed by atoms with E-state index in [0.29, 0.717) is 12.0 Å². The zero-order chi connectivity index (χ0) is 28.3. The van der Waals surface area contributed by atoms with Gasteiger partial charge in [-0.15, -0.1) is 0 Å². The van der Waals surface area contributed by atoms with E-state index in [1.165, 1.54) is 12.1 Å². The van der Waals surface area contributed by atoms with Gasteiger partial charge in [0.05, 0.1) is 12.5 Å². The van der Waals surface area contributed by atoms with Crippen LogP contribution in [-0.2, 0) is 30.4 Å². The Hall–Kier alpha value is -3.67. The van der Waals surface area contributed by atoms with Crippen molar-refractivity contribution in [3.63, 3.8) is 0 Å². The number of carbonyl (C=O) groups is 5. The lowest BCUT2D eigenvalue weighted by molar-refractivity contribution is -0.142. The van der Waals surface area contributed by atoms with E-state index in [1.54, 1.807) is 26.0 Å². The Balaban J connectivity index is 3.19. The van der Waals surface area contributed by atoms with Crippen molar-refractivity contribution < 1.29 is 39.3 Å². The molecule has 1 aromatic carbocycles. The maximum Gasteiger partial charge on any atom is 0.326 e. The number of aromatic hydroxyl groups is 1. The standard InChI is InChI=1S/C25H38N4O8/c1-5-14(4)21(29-22(33)17(26)12-20(31)32)24(35)27-18(11-15-6-8-16(30)9-7-15)23(34)28-19(25(36)37)10-13(2)3/h6-9,13-14,17-19,21,30H,5,10-12,26H2,1-4H3,(H,27,35)(H,28,34)(H,29,33)(H,31,32)(H,36,37). The lowest BCUT2D eigenvalue weighted by Crippen LogP contribution is -2.59. The van der Waals surface area contributed by atoms with Gasteiger partial charge in [-0.05, 0) is 36.0 Å². The lowest BCUT2D eigenvalue weighted by Gasteiger charge is -2.28. The van der Waals surface area contributed by atoms with Crippen LogP contribution >= 0.6 is 0 Å². The zero-order valence-electron chi connectivity index (χ0n) is 21.6. The van der Waals surface area contributed by atoms with E-state index in [4.69, 9.17) is 10.8 Å². The minimum absolute atomic E-state index is 0.00825. The number of hydrogen-bond donors (Lipinski definition) is 7. The van der Waals surface area contributed by atoms with Crippen molar-refractivity contribution in [3.05, 3.63) is 29.8 Å². The second kappa shape index (κ2) is 14.8. The molecule has 0 heterocycles. The molecule has 5 atom stereocenters. The van der Waals surface area contributed by atoms with Gasteiger partial charge < -0.3 is 37.0 Å². The van der Waals surface area contributed by atoms with Crippen LogP contribution in [0, 0.1) is 11.8 Å². The number of nitrogens with two attached hydrogens (primary N) is 1. The second-order valence-corrected chi connectivity index (χ2v) is 9.54. The number of phenolic OH excluding ortho intramolecular Hbond substituents is 1. The third kappa shape index (κ3) is 10.9. The predicted molar refractivity (Wildman–Crippen MR) is 134 cm³/mol. The first kappa shape index (κ1) is 31.4. The number of aliphatic carboxylic acids is 2. The Morgan fingerprint density at radius 1 is 0.865 bits per heavy atom. The fourth-order valence-electron chi connectivity index (χ4n) is 3.55. The number of phenols is 1. The summed E-state index contributed by atoms with van der Waals surface area (Å²) in [6.07, 6.45) is -0.00460. The molecule has 12 heteroatoms. The van der Waals surface area contributed by atoms with E-state index in [0.717, 1.165) is 0 Å². The Labute approximate surface area is 216 Å². The first-order chi connectivity index (χ1) is 17.2. The molecule has 0 saturated carbocycles. The van der Waals surface area contributed by atoms with Crippen LogP contribution in [0.5, 0.6) is 5.75 Å². The van der Waals surface area contributed by atoms with E-state index in [1.807, 2.05) is 13.8 Å². The molecule has 0 aliphatic carbocycles. The molecule has 0 aliphatic rings. The molecule has 3 amide bonds. The van der Waals surface area contributed by atoms with Crippen molar-refractivity contribution in [1.29, 1.82) is 0 Å². The molecular weight excluding hydrogens is 484 g/mol. The highest BCUT2D eigenvalue weighted by atomic mass is 16.4. The summed E-state index contributed by atoms with van der Waals surface area (Å²) in [6, 6.07) is 1.06. The minimum atomic E-state index is -1.37. The average Bonchev–Trinajstić information content (AvgIpc) is 2.81. The summed E-state index contributed by atoms with van der Waals surface area (Å²) in [4.78, 5) is 61.4. The van der Waals surface area contributed by atoms with Gasteiger partial charge in [0.15, 0.2) is 0 Å². The quantitative estimate of drug-likeness (QED) is 0.169. The van der Waals surface area contributed by atoms with Crippen molar-refractivity contribution in [2.75, 3.05) is 0 Å². The smallest absolute Gasteiger partial charge is 0.326 e. The van der Waals surface area contributed by atoms with Gasteiger partial charge in [0.25, 0.3) is 0 Å². The largest absolute Gasteiger partial charge is 0.508 e. The molecule has 0 radical (unpaired) electrons. The van der Waals surface area contributed by atoms with Crippen LogP contribution in [-0.4, -0.2) is 69.1 Å². The zero-order valence-corrected chi connectivity index (χ0v) is 21.6. The van der Waals surface area contributed by atoms with Gasteiger partial charge in [0.1, 0.15) is 23.9 Å². The van der Waals surface area contributed by atoms with Crippen LogP contribution in [0.25, 0.3) is 0 Å². The molecule has 37 heavy (non-hydrogen) atoms. The minimum Gasteiger partial charge on any atom is -0.508 e. The summed E-state index contributed by atoms with van der Waals surface area (Å²) in [5, 5.41) is 35.5. The van der Waals surface area contributed by atoms with E-state index in [9.17, 15) is 34.2 Å². The molecule has 0 aliphatic heterocycles. The monoisotopic (exact) mass is 522 g/mol. The maximum absolute atomic E-state index is 13.3. The number of hydrogen-bond acceptors (Lipinski definition) is 7. The van der Waals surface area contributed by atoms with Gasteiger partial charge in [0.2, 0.25) is 17.7 Å². The van der Waals surface area contributed by atoms with Crippen LogP contribution in [0.2, 0.25) is 0 Å². The van der Waals surface area contributed by atoms with Gasteiger partial charge in [-0.2, -0.15) is 0 Å². The molecule has 0 saturated heterocycles. The van der Waals surface area contributed by atoms with Gasteiger partial charge in [-0.25, -0.2) is 4.79 Å². The number of nitrogens with one attached hydrogen (secondary N) is 3. The molecule has 0 fully saturated rings. The molecule has 206 valence electrons. The molecular formula is C25H38N4O8. The SMILES string of the molecule is CCC(C)C(NC(=O)C(N)CC(=O)O)C(=O)NC(Cc1ccc(O)cc1)C(=O)NC(CC(C)C)C(=O)O. The fourth-order valence-corrected chi connectivity index (χ4v) is 3.55. The molecule has 5 unspecified atom stereocenters. The van der Waals surface area contributed by atoms with Crippen LogP contribution in [0.15, 0.2) is 24.3 Å². The maximum atomic E-state index is 13.3. The summed E-state index contributed by atoms with van der Waals surface area (Å²) in [5.41, 5.74) is 6.21. The third-order valence-electron chi connectivity index (χ3n) is 5.86. The summed E-state index contributed by atoms with van der Waals surface area (Å²) in [6.45, 7) is 7.11. The van der Waals surface area contributed by atoms with Crippen LogP contribution in [0.4, 0.5) is 0 Å². The van der Waals surface area contributed by atoms with Crippen LogP contribution < -0.4 is 21.7 Å². The van der Waals surface area contributed by atoms with E-state index < -0.39 is 66.2 Å². The van der Waals surface area contributed by atoms with Gasteiger partial charge in [-0.3, -0.25) is 19.2 Å². The average molecular weight is 523 g/mol. The highest BCUT2D eigenvalue weighted by molar-refractivity contribution is 5.95. The Kier molecular flexibility index (Phi) is 12.5. The van der Waals surface area contributed by atoms with Gasteiger partial charge in [0, 0.05) is 6.42 Å². The van der Waals surface area contributed by atoms with E-state index in [2.05, 4.69) is 16.0 Å². The van der Waals surface area contributed by atoms with E-state index >= 15 is 0 Å². The Bertz CT molecular complexity index is 951. The molecule has 8 N–H and O–H groups in total. The number of carboxylic acids is 2. The third-order valence-corrected chi connectivity index (χ3v) is 5.86. The molecule has 0 bridgehead atoms. The summed E-state index contributed by atoms with van der Waals surface area (Å²) in [7, 11) is 0. The summed E-state index contributed by atoms with van der Waals surface area (Å²) < 4.78 is 0. The Morgan fingerprint density at radius 2 is 1.43 bits per heavy atom. The van der Waals surface area contributed by atoms with Crippen molar-refractivity contribution in [2.45, 2.75) is 77.5 Å². The van der Waals surface area contributed by atoms with Crippen LogP contribution in [0.1, 0.15) is 52.5 Å². The lowest BCUT2D eigenvalue weighted by atomic mass is 9.96. The van der Waals surface area contributed by atoms with E-state index in [-0.39, 0.29) is 24.5 Å². The highest BCUT2D eigenvalue weighted by Gasteiger charge is 2.33. The predicted octanol–water partition coefficient (Wildman–Crippen LogP) is 0.368. The van der Waals surface area contributed by atoms with Gasteiger partial charge in [-0.1, -0.05) is 46.2 Å². The highest BCUT2D eigenvalue weighted by Crippen LogP contribution is 2.14. The topological polar surface area (TPSA) is 208 Å².